The van der Waals surface area contributed by atoms with Crippen molar-refractivity contribution in [2.75, 3.05) is 6.54 Å². The highest BCUT2D eigenvalue weighted by atomic mass is 32.3. The molecule has 0 aliphatic carbocycles. The second-order valence-electron chi connectivity index (χ2n) is 7.70. The van der Waals surface area contributed by atoms with Crippen LogP contribution in [-0.2, 0) is 31.4 Å². The molecule has 0 saturated carbocycles. The molecule has 1 heterocycles. The number of nitrogens with zero attached hydrogens (tertiary/aromatic N) is 3. The van der Waals surface area contributed by atoms with Gasteiger partial charge in [0.1, 0.15) is 12.4 Å². The number of carbonyl (C=O) groups excluding carboxylic acids is 1. The number of nitrogens with one attached hydrogen (secondary N) is 1. The van der Waals surface area contributed by atoms with Crippen LogP contribution in [0.3, 0.4) is 0 Å². The molecule has 0 saturated heterocycles. The Morgan fingerprint density at radius 3 is 1.86 bits per heavy atom. The largest absolute Gasteiger partial charge is 0.480 e. The Balaban J connectivity index is 0.000000691. The summed E-state index contributed by atoms with van der Waals surface area (Å²) >= 11 is 0. The van der Waals surface area contributed by atoms with Crippen LogP contribution in [0.4, 0.5) is 26.3 Å². The van der Waals surface area contributed by atoms with Gasteiger partial charge in [0.15, 0.2) is 26.1 Å². The fourth-order valence-electron chi connectivity index (χ4n) is 2.54. The third-order valence-corrected chi connectivity index (χ3v) is 7.05. The average Bonchev–Trinajstić information content (AvgIpc) is 3.12. The Morgan fingerprint density at radius 1 is 0.971 bits per heavy atom. The number of carbonyl (C=O) groups is 1. The van der Waals surface area contributed by atoms with Crippen molar-refractivity contribution in [2.24, 2.45) is 5.92 Å². The number of sulfonamides is 2. The van der Waals surface area contributed by atoms with Gasteiger partial charge in [-0.2, -0.15) is 26.3 Å². The summed E-state index contributed by atoms with van der Waals surface area (Å²) in [5.41, 5.74) is -12.4. The Kier molecular flexibility index (Phi) is 12.7. The van der Waals surface area contributed by atoms with Gasteiger partial charge >= 0.3 is 11.0 Å². The molecule has 1 atom stereocenters. The molecule has 0 aliphatic rings. The number of aryl methyl sites for hydroxylation is 1. The standard InChI is InChI=1S/C16H29N3O.C2F6NO4S2/c1-5-7-9-17-16(20)15(14(3)4)19-12-11-18(13-19)10-8-6-2;3-1(4,5)14(10,11)9-15(12,13)2(6,7)8/h11-15H,5-10H2,1-4H3;/q;-1/p+1/t15-;/m0./s1. The summed E-state index contributed by atoms with van der Waals surface area (Å²) < 4.78 is 113. The quantitative estimate of drug-likeness (QED) is 0.251. The van der Waals surface area contributed by atoms with E-state index in [1.54, 1.807) is 0 Å². The Morgan fingerprint density at radius 2 is 1.46 bits per heavy atom. The lowest BCUT2D eigenvalue weighted by molar-refractivity contribution is -0.696. The maximum absolute atomic E-state index is 12.3. The van der Waals surface area contributed by atoms with Gasteiger partial charge in [-0.05, 0) is 12.8 Å². The summed E-state index contributed by atoms with van der Waals surface area (Å²) in [6, 6.07) is -0.116. The van der Waals surface area contributed by atoms with Crippen LogP contribution in [0, 0.1) is 5.92 Å². The lowest BCUT2D eigenvalue weighted by atomic mass is 10.0. The normalized spacial score (nSPS) is 13.8. The number of rotatable bonds is 11. The van der Waals surface area contributed by atoms with E-state index in [0.717, 1.165) is 30.1 Å². The van der Waals surface area contributed by atoms with E-state index in [4.69, 9.17) is 0 Å². The molecule has 0 aliphatic heterocycles. The molecule has 9 nitrogen and oxygen atoms in total. The first kappa shape index (κ1) is 33.1. The van der Waals surface area contributed by atoms with E-state index >= 15 is 0 Å². The molecule has 35 heavy (non-hydrogen) atoms. The van der Waals surface area contributed by atoms with Gasteiger partial charge in [0.2, 0.25) is 6.33 Å². The smallest absolute Gasteiger partial charge is 0.421 e. The fraction of sp³-hybridized carbons (Fsp3) is 0.778. The first-order valence-corrected chi connectivity index (χ1v) is 13.4. The molecule has 1 aromatic heterocycles. The van der Waals surface area contributed by atoms with Crippen molar-refractivity contribution >= 4 is 26.0 Å². The molecule has 1 rings (SSSR count). The van der Waals surface area contributed by atoms with Crippen LogP contribution in [0.5, 0.6) is 0 Å². The Labute approximate surface area is 201 Å². The predicted molar refractivity (Wildman–Crippen MR) is 115 cm³/mol. The molecule has 0 fully saturated rings. The van der Waals surface area contributed by atoms with Crippen LogP contribution >= 0.6 is 0 Å². The summed E-state index contributed by atoms with van der Waals surface area (Å²) in [6.45, 7) is 10.3. The van der Waals surface area contributed by atoms with E-state index in [1.807, 2.05) is 10.8 Å². The minimum Gasteiger partial charge on any atom is -0.421 e. The van der Waals surface area contributed by atoms with E-state index in [2.05, 4.69) is 50.1 Å². The van der Waals surface area contributed by atoms with Crippen LogP contribution in [0.25, 0.3) is 4.13 Å². The minimum absolute atomic E-state index is 0.116. The molecule has 1 amide bonds. The van der Waals surface area contributed by atoms with Crippen LogP contribution in [0.1, 0.15) is 59.4 Å². The lowest BCUT2D eigenvalue weighted by Gasteiger charge is -2.22. The highest BCUT2D eigenvalue weighted by Crippen LogP contribution is 2.36. The second kappa shape index (κ2) is 13.4. The molecule has 0 radical (unpaired) electrons. The first-order valence-electron chi connectivity index (χ1n) is 10.5. The van der Waals surface area contributed by atoms with E-state index in [-0.39, 0.29) is 17.9 Å². The molecule has 0 unspecified atom stereocenters. The molecule has 1 N–H and O–H groups in total. The van der Waals surface area contributed by atoms with Gasteiger partial charge in [-0.15, -0.1) is 0 Å². The molecule has 0 bridgehead atoms. The average molecular weight is 561 g/mol. The maximum Gasteiger partial charge on any atom is 0.480 e. The summed E-state index contributed by atoms with van der Waals surface area (Å²) in [6.07, 6.45) is 10.6. The third kappa shape index (κ3) is 10.7. The van der Waals surface area contributed by atoms with Crippen molar-refractivity contribution < 1.29 is 52.5 Å². The number of hydrogen-bond acceptors (Lipinski definition) is 5. The van der Waals surface area contributed by atoms with Crippen LogP contribution in [0.2, 0.25) is 0 Å². The van der Waals surface area contributed by atoms with Crippen LogP contribution in [0.15, 0.2) is 18.7 Å². The SMILES string of the molecule is CCCCNC(=O)[C@H](C(C)C)n1cc[n+](CCCC)c1.O=S(=O)([N-]S(=O)(=O)C(F)(F)F)C(F)(F)F. The first-order chi connectivity index (χ1) is 15.8. The van der Waals surface area contributed by atoms with Gasteiger partial charge in [0, 0.05) is 12.5 Å². The van der Waals surface area contributed by atoms with Crippen molar-refractivity contribution in [3.8, 4) is 0 Å². The van der Waals surface area contributed by atoms with Gasteiger partial charge in [0.25, 0.3) is 5.91 Å². The number of unbranched alkanes of at least 4 members (excludes halogenated alkanes) is 2. The van der Waals surface area contributed by atoms with Crippen molar-refractivity contribution in [1.82, 2.24) is 9.88 Å². The maximum atomic E-state index is 12.3. The van der Waals surface area contributed by atoms with E-state index in [0.29, 0.717) is 0 Å². The van der Waals surface area contributed by atoms with Gasteiger partial charge in [-0.25, -0.2) is 26.0 Å². The predicted octanol–water partition coefficient (Wildman–Crippen LogP) is 3.75. The van der Waals surface area contributed by atoms with Crippen molar-refractivity contribution in [1.29, 1.82) is 0 Å². The molecule has 1 aromatic rings. The number of halogens is 6. The number of alkyl halides is 6. The van der Waals surface area contributed by atoms with Crippen LogP contribution < -0.4 is 9.88 Å². The summed E-state index contributed by atoms with van der Waals surface area (Å²) in [4.78, 5) is 12.3. The molecule has 0 aromatic carbocycles. The van der Waals surface area contributed by atoms with Gasteiger partial charge < -0.3 is 9.44 Å². The highest BCUT2D eigenvalue weighted by Gasteiger charge is 2.46. The Hall–Kier alpha value is -1.88. The summed E-state index contributed by atoms with van der Waals surface area (Å²) in [7, 11) is -13.4. The van der Waals surface area contributed by atoms with Crippen LogP contribution in [-0.4, -0.2) is 44.9 Å². The zero-order valence-corrected chi connectivity index (χ0v) is 21.2. The molecular weight excluding hydrogens is 530 g/mol. The minimum atomic E-state index is -6.72. The van der Waals surface area contributed by atoms with Gasteiger partial charge in [-0.1, -0.05) is 40.5 Å². The van der Waals surface area contributed by atoms with E-state index < -0.39 is 31.1 Å². The van der Waals surface area contributed by atoms with E-state index in [9.17, 15) is 48.0 Å². The highest BCUT2D eigenvalue weighted by molar-refractivity contribution is 8.13. The van der Waals surface area contributed by atoms with E-state index in [1.165, 1.54) is 12.8 Å². The fourth-order valence-corrected chi connectivity index (χ4v) is 4.25. The van der Waals surface area contributed by atoms with Crippen molar-refractivity contribution in [3.05, 3.63) is 22.8 Å². The lowest BCUT2D eigenvalue weighted by Crippen LogP contribution is -2.37. The topological polar surface area (TPSA) is 120 Å². The van der Waals surface area contributed by atoms with Gasteiger partial charge in [0.05, 0.1) is 6.54 Å². The number of aromatic nitrogens is 2. The zero-order valence-electron chi connectivity index (χ0n) is 19.6. The number of hydrogen-bond donors (Lipinski definition) is 1. The number of amides is 1. The molecule has 206 valence electrons. The van der Waals surface area contributed by atoms with Crippen molar-refractivity contribution in [3.63, 3.8) is 0 Å². The molecule has 17 heteroatoms. The zero-order chi connectivity index (χ0) is 27.7. The Bertz CT molecular complexity index is 963. The van der Waals surface area contributed by atoms with Crippen molar-refractivity contribution in [2.45, 2.75) is 77.0 Å². The second-order valence-corrected chi connectivity index (χ2v) is 11.1. The van der Waals surface area contributed by atoms with Gasteiger partial charge in [-0.3, -0.25) is 4.79 Å². The monoisotopic (exact) mass is 560 g/mol. The summed E-state index contributed by atoms with van der Waals surface area (Å²) in [5, 5.41) is 3.05. The third-order valence-electron chi connectivity index (χ3n) is 4.31. The molecule has 0 spiro atoms. The summed E-state index contributed by atoms with van der Waals surface area (Å²) in [5.74, 6) is 0.412. The molecular formula is C18H30F6N4O5S2. The number of imidazole rings is 1.